The van der Waals surface area contributed by atoms with Crippen LogP contribution in [0.2, 0.25) is 0 Å². The van der Waals surface area contributed by atoms with Gasteiger partial charge in [0.15, 0.2) is 0 Å². The topological polar surface area (TPSA) is 53.1 Å². The van der Waals surface area contributed by atoms with Gasteiger partial charge in [0.25, 0.3) is 0 Å². The smallest absolute Gasteiger partial charge is 0.124 e. The number of halogens is 1. The van der Waals surface area contributed by atoms with Crippen molar-refractivity contribution in [3.63, 3.8) is 0 Å². The number of rotatable bonds is 5. The van der Waals surface area contributed by atoms with Crippen molar-refractivity contribution in [2.45, 2.75) is 32.7 Å². The molecule has 0 radical (unpaired) electrons. The van der Waals surface area contributed by atoms with Crippen LogP contribution in [-0.4, -0.2) is 18.4 Å². The predicted octanol–water partition coefficient (Wildman–Crippen LogP) is 3.36. The van der Waals surface area contributed by atoms with Gasteiger partial charge in [-0.25, -0.2) is 0 Å². The second kappa shape index (κ2) is 5.31. The number of amidine groups is 1. The number of nitrogens with one attached hydrogen (secondary N) is 1. The molecular formula is C14H20BrN3. The van der Waals surface area contributed by atoms with E-state index in [1.165, 1.54) is 12.8 Å². The van der Waals surface area contributed by atoms with Gasteiger partial charge in [0, 0.05) is 28.3 Å². The van der Waals surface area contributed by atoms with Crippen LogP contribution in [0.5, 0.6) is 0 Å². The molecule has 0 amide bonds. The quantitative estimate of drug-likeness (QED) is 0.647. The number of nitrogens with two attached hydrogens (primary N) is 1. The van der Waals surface area contributed by atoms with Gasteiger partial charge < -0.3 is 10.6 Å². The Bertz CT molecular complexity index is 452. The molecule has 3 nitrogen and oxygen atoms in total. The molecule has 0 heterocycles. The molecule has 0 atom stereocenters. The fraction of sp³-hybridized carbons (Fsp3) is 0.500. The highest BCUT2D eigenvalue weighted by Crippen LogP contribution is 2.34. The summed E-state index contributed by atoms with van der Waals surface area (Å²) in [5.74, 6) is 0.948. The molecule has 2 rings (SSSR count). The summed E-state index contributed by atoms with van der Waals surface area (Å²) < 4.78 is 0.964. The van der Waals surface area contributed by atoms with E-state index in [0.717, 1.165) is 28.2 Å². The zero-order chi connectivity index (χ0) is 13.3. The van der Waals surface area contributed by atoms with Crippen molar-refractivity contribution in [3.8, 4) is 0 Å². The molecule has 1 aromatic carbocycles. The Morgan fingerprint density at radius 2 is 2.17 bits per heavy atom. The normalized spacial score (nSPS) is 14.9. The third-order valence-electron chi connectivity index (χ3n) is 3.33. The molecule has 1 fully saturated rings. The van der Waals surface area contributed by atoms with Gasteiger partial charge in [0.1, 0.15) is 5.84 Å². The van der Waals surface area contributed by atoms with Crippen LogP contribution in [0.4, 0.5) is 5.69 Å². The van der Waals surface area contributed by atoms with Crippen molar-refractivity contribution >= 4 is 27.5 Å². The largest absolute Gasteiger partial charge is 0.384 e. The maximum Gasteiger partial charge on any atom is 0.124 e. The molecular weight excluding hydrogens is 290 g/mol. The minimum Gasteiger partial charge on any atom is -0.384 e. The summed E-state index contributed by atoms with van der Waals surface area (Å²) in [5, 5.41) is 7.74. The zero-order valence-electron chi connectivity index (χ0n) is 10.9. The van der Waals surface area contributed by atoms with Crippen LogP contribution in [-0.2, 0) is 0 Å². The van der Waals surface area contributed by atoms with Crippen molar-refractivity contribution in [2.24, 2.45) is 11.7 Å². The van der Waals surface area contributed by atoms with Gasteiger partial charge in [-0.3, -0.25) is 5.41 Å². The van der Waals surface area contributed by atoms with Gasteiger partial charge in [-0.15, -0.1) is 0 Å². The van der Waals surface area contributed by atoms with E-state index in [0.29, 0.717) is 6.04 Å². The second-order valence-electron chi connectivity index (χ2n) is 5.26. The van der Waals surface area contributed by atoms with Gasteiger partial charge in [-0.1, -0.05) is 15.9 Å². The number of anilines is 1. The fourth-order valence-corrected chi connectivity index (χ4v) is 2.50. The highest BCUT2D eigenvalue weighted by molar-refractivity contribution is 9.10. The summed E-state index contributed by atoms with van der Waals surface area (Å²) in [6.45, 7) is 5.45. The molecule has 0 unspecified atom stereocenters. The lowest BCUT2D eigenvalue weighted by atomic mass is 10.1. The van der Waals surface area contributed by atoms with Crippen molar-refractivity contribution in [2.75, 3.05) is 11.4 Å². The molecule has 1 aliphatic rings. The van der Waals surface area contributed by atoms with Crippen molar-refractivity contribution in [1.29, 1.82) is 5.41 Å². The first-order valence-corrected chi connectivity index (χ1v) is 7.19. The Morgan fingerprint density at radius 1 is 1.50 bits per heavy atom. The Labute approximate surface area is 117 Å². The molecule has 0 spiro atoms. The van der Waals surface area contributed by atoms with Gasteiger partial charge in [-0.05, 0) is 50.8 Å². The summed E-state index contributed by atoms with van der Waals surface area (Å²) in [6.07, 6.45) is 2.66. The van der Waals surface area contributed by atoms with Gasteiger partial charge >= 0.3 is 0 Å². The third kappa shape index (κ3) is 3.05. The fourth-order valence-electron chi connectivity index (χ4n) is 2.14. The summed E-state index contributed by atoms with van der Waals surface area (Å²) in [6, 6.07) is 6.43. The van der Waals surface area contributed by atoms with E-state index >= 15 is 0 Å². The molecule has 1 saturated carbocycles. The van der Waals surface area contributed by atoms with E-state index in [4.69, 9.17) is 11.1 Å². The molecule has 1 aliphatic carbocycles. The first kappa shape index (κ1) is 13.4. The van der Waals surface area contributed by atoms with Gasteiger partial charge in [0.05, 0.1) is 0 Å². The summed E-state index contributed by atoms with van der Waals surface area (Å²) in [7, 11) is 0. The molecule has 1 aromatic rings. The summed E-state index contributed by atoms with van der Waals surface area (Å²) in [4.78, 5) is 2.36. The molecule has 0 saturated heterocycles. The predicted molar refractivity (Wildman–Crippen MR) is 80.4 cm³/mol. The zero-order valence-corrected chi connectivity index (χ0v) is 12.5. The van der Waals surface area contributed by atoms with Crippen molar-refractivity contribution in [1.82, 2.24) is 0 Å². The minimum absolute atomic E-state index is 0.132. The molecule has 3 N–H and O–H groups in total. The van der Waals surface area contributed by atoms with Gasteiger partial charge in [-0.2, -0.15) is 0 Å². The van der Waals surface area contributed by atoms with Crippen LogP contribution in [0, 0.1) is 11.3 Å². The van der Waals surface area contributed by atoms with Crippen LogP contribution in [0.25, 0.3) is 0 Å². The lowest BCUT2D eigenvalue weighted by Crippen LogP contribution is -2.34. The Hall–Kier alpha value is -1.03. The summed E-state index contributed by atoms with van der Waals surface area (Å²) in [5.41, 5.74) is 7.60. The highest BCUT2D eigenvalue weighted by atomic mass is 79.9. The molecule has 18 heavy (non-hydrogen) atoms. The van der Waals surface area contributed by atoms with E-state index in [2.05, 4.69) is 40.7 Å². The maximum absolute atomic E-state index is 7.74. The number of benzene rings is 1. The molecule has 0 aliphatic heterocycles. The Kier molecular flexibility index (Phi) is 3.95. The minimum atomic E-state index is 0.132. The number of hydrogen-bond donors (Lipinski definition) is 2. The van der Waals surface area contributed by atoms with E-state index < -0.39 is 0 Å². The van der Waals surface area contributed by atoms with Crippen LogP contribution in [0.1, 0.15) is 32.3 Å². The van der Waals surface area contributed by atoms with E-state index in [1.807, 2.05) is 12.1 Å². The monoisotopic (exact) mass is 309 g/mol. The van der Waals surface area contributed by atoms with Crippen LogP contribution < -0.4 is 10.6 Å². The van der Waals surface area contributed by atoms with Crippen LogP contribution in [0.3, 0.4) is 0 Å². The first-order valence-electron chi connectivity index (χ1n) is 6.39. The molecule has 4 heteroatoms. The highest BCUT2D eigenvalue weighted by Gasteiger charge is 2.27. The van der Waals surface area contributed by atoms with Crippen LogP contribution >= 0.6 is 15.9 Å². The average molecular weight is 310 g/mol. The third-order valence-corrected chi connectivity index (χ3v) is 3.83. The number of hydrogen-bond acceptors (Lipinski definition) is 2. The maximum atomic E-state index is 7.74. The van der Waals surface area contributed by atoms with E-state index in [1.54, 1.807) is 0 Å². The van der Waals surface area contributed by atoms with Crippen LogP contribution in [0.15, 0.2) is 22.7 Å². The number of nitrogens with zero attached hydrogens (tertiary/aromatic N) is 1. The Balaban J connectivity index is 2.35. The first-order chi connectivity index (χ1) is 8.49. The lowest BCUT2D eigenvalue weighted by molar-refractivity contribution is 0.644. The lowest BCUT2D eigenvalue weighted by Gasteiger charge is -2.31. The SMILES string of the molecule is CC(C)N(CC1CC1)c1ccc(Br)cc1C(=N)N. The second-order valence-corrected chi connectivity index (χ2v) is 6.18. The molecule has 0 aromatic heterocycles. The van der Waals surface area contributed by atoms with Crippen molar-refractivity contribution in [3.05, 3.63) is 28.2 Å². The van der Waals surface area contributed by atoms with E-state index in [9.17, 15) is 0 Å². The standard InChI is InChI=1S/C14H20BrN3/c1-9(2)18(8-10-3-4-10)13-6-5-11(15)7-12(13)14(16)17/h5-7,9-10H,3-4,8H2,1-2H3,(H3,16,17). The molecule has 0 bridgehead atoms. The average Bonchev–Trinajstić information content (AvgIpc) is 3.09. The Morgan fingerprint density at radius 3 is 2.67 bits per heavy atom. The van der Waals surface area contributed by atoms with E-state index in [-0.39, 0.29) is 5.84 Å². The van der Waals surface area contributed by atoms with Gasteiger partial charge in [0.2, 0.25) is 0 Å². The van der Waals surface area contributed by atoms with Crippen molar-refractivity contribution < 1.29 is 0 Å². The number of nitrogen functional groups attached to an aromatic ring is 1. The molecule has 98 valence electrons. The summed E-state index contributed by atoms with van der Waals surface area (Å²) >= 11 is 3.44.